The average Bonchev–Trinajstić information content (AvgIpc) is 2.19. The monoisotopic (exact) mass is 222 g/mol. The van der Waals surface area contributed by atoms with Crippen molar-refractivity contribution in [2.75, 3.05) is 10.6 Å². The first-order valence-corrected chi connectivity index (χ1v) is 6.21. The van der Waals surface area contributed by atoms with Crippen molar-refractivity contribution in [2.45, 2.75) is 53.6 Å². The van der Waals surface area contributed by atoms with E-state index in [4.69, 9.17) is 0 Å². The maximum Gasteiger partial charge on any atom is 0.0362 e. The summed E-state index contributed by atoms with van der Waals surface area (Å²) >= 11 is 0. The molecule has 0 aliphatic carbocycles. The molecule has 16 heavy (non-hydrogen) atoms. The maximum absolute atomic E-state index is 3.38. The molecule has 0 radical (unpaired) electrons. The second kappa shape index (κ2) is 8.03. The lowest BCUT2D eigenvalue weighted by atomic mass is 10.2. The van der Waals surface area contributed by atoms with Gasteiger partial charge in [-0.05, 0) is 45.9 Å². The fraction of sp³-hybridized carbons (Fsp3) is 0.571. The average molecular weight is 222 g/mol. The first-order valence-electron chi connectivity index (χ1n) is 6.21. The first-order chi connectivity index (χ1) is 7.58. The number of nitrogens with one attached hydrogen (secondary N) is 2. The molecule has 1 aromatic carbocycles. The largest absolute Gasteiger partial charge is 0.383 e. The summed E-state index contributed by atoms with van der Waals surface area (Å²) in [7, 11) is 0. The quantitative estimate of drug-likeness (QED) is 0.791. The predicted octanol–water partition coefficient (Wildman–Crippen LogP) is 4.35. The van der Waals surface area contributed by atoms with E-state index in [9.17, 15) is 0 Å². The van der Waals surface area contributed by atoms with Gasteiger partial charge in [-0.25, -0.2) is 0 Å². The molecule has 0 aliphatic heterocycles. The van der Waals surface area contributed by atoms with Gasteiger partial charge in [0.1, 0.15) is 0 Å². The Balaban J connectivity index is 0.00000106. The summed E-state index contributed by atoms with van der Waals surface area (Å²) in [5, 5.41) is 6.76. The van der Waals surface area contributed by atoms with Crippen LogP contribution in [0.25, 0.3) is 0 Å². The van der Waals surface area contributed by atoms with Crippen molar-refractivity contribution in [3.8, 4) is 0 Å². The van der Waals surface area contributed by atoms with Crippen molar-refractivity contribution in [1.82, 2.24) is 0 Å². The zero-order chi connectivity index (χ0) is 12.6. The molecule has 0 saturated carbocycles. The second-order valence-corrected chi connectivity index (χ2v) is 4.18. The van der Waals surface area contributed by atoms with Crippen molar-refractivity contribution in [1.29, 1.82) is 0 Å². The van der Waals surface area contributed by atoms with Crippen molar-refractivity contribution < 1.29 is 0 Å². The van der Waals surface area contributed by atoms with Gasteiger partial charge in [0, 0.05) is 23.5 Å². The van der Waals surface area contributed by atoms with Crippen LogP contribution in [0.15, 0.2) is 24.3 Å². The molecule has 2 N–H and O–H groups in total. The van der Waals surface area contributed by atoms with Crippen molar-refractivity contribution in [3.63, 3.8) is 0 Å². The van der Waals surface area contributed by atoms with Crippen LogP contribution in [0.5, 0.6) is 0 Å². The van der Waals surface area contributed by atoms with Crippen LogP contribution < -0.4 is 10.6 Å². The Morgan fingerprint density at radius 2 is 1.19 bits per heavy atom. The highest BCUT2D eigenvalue weighted by atomic mass is 14.9. The van der Waals surface area contributed by atoms with E-state index in [1.807, 2.05) is 13.8 Å². The Morgan fingerprint density at radius 1 is 0.812 bits per heavy atom. The molecule has 0 heterocycles. The van der Waals surface area contributed by atoms with Crippen molar-refractivity contribution in [3.05, 3.63) is 24.3 Å². The summed E-state index contributed by atoms with van der Waals surface area (Å²) in [6, 6.07) is 9.33. The van der Waals surface area contributed by atoms with Crippen molar-refractivity contribution >= 4 is 11.4 Å². The Hall–Kier alpha value is -1.18. The van der Waals surface area contributed by atoms with Crippen LogP contribution in [0.4, 0.5) is 11.4 Å². The fourth-order valence-electron chi connectivity index (χ4n) is 1.37. The molecule has 0 unspecified atom stereocenters. The number of rotatable bonds is 4. The highest BCUT2D eigenvalue weighted by Gasteiger charge is 1.98. The minimum Gasteiger partial charge on any atom is -0.383 e. The molecule has 2 nitrogen and oxygen atoms in total. The summed E-state index contributed by atoms with van der Waals surface area (Å²) in [6.07, 6.45) is 0. The highest BCUT2D eigenvalue weighted by molar-refractivity contribution is 5.57. The first kappa shape index (κ1) is 14.8. The molecule has 2 heteroatoms. The number of anilines is 2. The van der Waals surface area contributed by atoms with Gasteiger partial charge in [-0.15, -0.1) is 0 Å². The Bertz CT molecular complexity index is 255. The van der Waals surface area contributed by atoms with E-state index < -0.39 is 0 Å². The molecule has 1 aromatic rings. The maximum atomic E-state index is 3.38. The van der Waals surface area contributed by atoms with Crippen LogP contribution in [-0.4, -0.2) is 12.1 Å². The lowest BCUT2D eigenvalue weighted by Gasteiger charge is -2.13. The number of hydrogen-bond acceptors (Lipinski definition) is 2. The summed E-state index contributed by atoms with van der Waals surface area (Å²) in [5.74, 6) is 0. The Kier molecular flexibility index (Phi) is 7.44. The van der Waals surface area contributed by atoms with Gasteiger partial charge in [0.25, 0.3) is 0 Å². The SMILES string of the molecule is CC.CC(C)Nc1cccc(NC(C)C)c1. The zero-order valence-corrected chi connectivity index (χ0v) is 11.5. The molecular weight excluding hydrogens is 196 g/mol. The molecule has 92 valence electrons. The minimum atomic E-state index is 0.476. The number of benzene rings is 1. The molecule has 1 rings (SSSR count). The molecule has 0 spiro atoms. The van der Waals surface area contributed by atoms with E-state index in [1.165, 1.54) is 11.4 Å². The van der Waals surface area contributed by atoms with Crippen LogP contribution in [0.2, 0.25) is 0 Å². The fourth-order valence-corrected chi connectivity index (χ4v) is 1.37. The van der Waals surface area contributed by atoms with Crippen LogP contribution >= 0.6 is 0 Å². The molecule has 0 bridgehead atoms. The van der Waals surface area contributed by atoms with Crippen molar-refractivity contribution in [2.24, 2.45) is 0 Å². The van der Waals surface area contributed by atoms with Gasteiger partial charge in [0.05, 0.1) is 0 Å². The zero-order valence-electron chi connectivity index (χ0n) is 11.5. The standard InChI is InChI=1S/C12H20N2.C2H6/c1-9(2)13-11-6-5-7-12(8-11)14-10(3)4;1-2/h5-10,13-14H,1-4H3;1-2H3. The van der Waals surface area contributed by atoms with Gasteiger partial charge >= 0.3 is 0 Å². The number of hydrogen-bond donors (Lipinski definition) is 2. The van der Waals surface area contributed by atoms with E-state index >= 15 is 0 Å². The van der Waals surface area contributed by atoms with Crippen LogP contribution in [0.3, 0.4) is 0 Å². The predicted molar refractivity (Wildman–Crippen MR) is 75.3 cm³/mol. The second-order valence-electron chi connectivity index (χ2n) is 4.18. The normalized spacial score (nSPS) is 9.75. The van der Waals surface area contributed by atoms with Gasteiger partial charge in [0.15, 0.2) is 0 Å². The van der Waals surface area contributed by atoms with E-state index in [-0.39, 0.29) is 0 Å². The van der Waals surface area contributed by atoms with Gasteiger partial charge in [-0.3, -0.25) is 0 Å². The lowest BCUT2D eigenvalue weighted by Crippen LogP contribution is -2.12. The van der Waals surface area contributed by atoms with Gasteiger partial charge in [-0.2, -0.15) is 0 Å². The van der Waals surface area contributed by atoms with E-state index in [0.717, 1.165) is 0 Å². The van der Waals surface area contributed by atoms with Crippen LogP contribution in [-0.2, 0) is 0 Å². The molecule has 0 amide bonds. The lowest BCUT2D eigenvalue weighted by molar-refractivity contribution is 0.893. The third-order valence-electron chi connectivity index (χ3n) is 1.77. The van der Waals surface area contributed by atoms with E-state index in [0.29, 0.717) is 12.1 Å². The minimum absolute atomic E-state index is 0.476. The summed E-state index contributed by atoms with van der Waals surface area (Å²) in [6.45, 7) is 12.6. The van der Waals surface area contributed by atoms with Gasteiger partial charge in [0.2, 0.25) is 0 Å². The molecule has 0 aliphatic rings. The third-order valence-corrected chi connectivity index (χ3v) is 1.77. The molecule has 0 fully saturated rings. The molecule has 0 saturated heterocycles. The topological polar surface area (TPSA) is 24.1 Å². The van der Waals surface area contributed by atoms with Gasteiger partial charge in [-0.1, -0.05) is 19.9 Å². The van der Waals surface area contributed by atoms with Crippen LogP contribution in [0.1, 0.15) is 41.5 Å². The summed E-state index contributed by atoms with van der Waals surface area (Å²) in [4.78, 5) is 0. The molecular formula is C14H26N2. The summed E-state index contributed by atoms with van der Waals surface area (Å²) < 4.78 is 0. The molecule has 0 atom stereocenters. The van der Waals surface area contributed by atoms with Crippen LogP contribution in [0, 0.1) is 0 Å². The highest BCUT2D eigenvalue weighted by Crippen LogP contribution is 2.16. The van der Waals surface area contributed by atoms with E-state index in [1.54, 1.807) is 0 Å². The third kappa shape index (κ3) is 6.33. The van der Waals surface area contributed by atoms with E-state index in [2.05, 4.69) is 62.6 Å². The Morgan fingerprint density at radius 3 is 1.50 bits per heavy atom. The Labute approximate surface area is 100 Å². The smallest absolute Gasteiger partial charge is 0.0362 e. The molecule has 0 aromatic heterocycles. The summed E-state index contributed by atoms with van der Waals surface area (Å²) in [5.41, 5.74) is 2.34. The van der Waals surface area contributed by atoms with Gasteiger partial charge < -0.3 is 10.6 Å².